The van der Waals surface area contributed by atoms with Crippen molar-refractivity contribution in [1.82, 2.24) is 15.0 Å². The molecule has 1 amide bonds. The Labute approximate surface area is 185 Å². The van der Waals surface area contributed by atoms with Crippen LogP contribution in [-0.4, -0.2) is 39.0 Å². The Kier molecular flexibility index (Phi) is 6.27. The zero-order chi connectivity index (χ0) is 22.7. The Morgan fingerprint density at radius 3 is 2.84 bits per heavy atom. The zero-order valence-electron chi connectivity index (χ0n) is 18.1. The van der Waals surface area contributed by atoms with E-state index >= 15 is 0 Å². The molecule has 0 spiro atoms. The van der Waals surface area contributed by atoms with Gasteiger partial charge in [-0.3, -0.25) is 19.8 Å². The third-order valence-electron chi connectivity index (χ3n) is 5.78. The van der Waals surface area contributed by atoms with Crippen molar-refractivity contribution >= 4 is 17.3 Å². The fourth-order valence-electron chi connectivity index (χ4n) is 3.95. The molecule has 0 aliphatic carbocycles. The van der Waals surface area contributed by atoms with Crippen molar-refractivity contribution < 1.29 is 14.2 Å². The number of nitrogens with zero attached hydrogens (tertiary/aromatic N) is 4. The molecule has 0 bridgehead atoms. The molecule has 1 atom stereocenters. The van der Waals surface area contributed by atoms with Gasteiger partial charge < -0.3 is 9.84 Å². The molecule has 1 N–H and O–H groups in total. The minimum Gasteiger partial charge on any atom is -0.338 e. The highest BCUT2D eigenvalue weighted by Gasteiger charge is 2.27. The van der Waals surface area contributed by atoms with Gasteiger partial charge in [-0.25, -0.2) is 0 Å². The molecule has 1 aliphatic rings. The highest BCUT2D eigenvalue weighted by Crippen LogP contribution is 2.25. The Bertz CT molecular complexity index is 1140. The van der Waals surface area contributed by atoms with Gasteiger partial charge in [-0.1, -0.05) is 35.5 Å². The first-order valence-electron chi connectivity index (χ1n) is 10.6. The van der Waals surface area contributed by atoms with E-state index in [0.29, 0.717) is 30.5 Å². The molecule has 32 heavy (non-hydrogen) atoms. The van der Waals surface area contributed by atoms with E-state index in [1.54, 1.807) is 6.07 Å². The number of nitro groups is 1. The first-order valence-corrected chi connectivity index (χ1v) is 10.6. The van der Waals surface area contributed by atoms with E-state index in [9.17, 15) is 14.9 Å². The molecule has 2 aromatic carbocycles. The largest absolute Gasteiger partial charge is 0.338 e. The summed E-state index contributed by atoms with van der Waals surface area (Å²) in [5.41, 5.74) is 3.22. The molecular weight excluding hydrogens is 410 g/mol. The number of rotatable bonds is 6. The molecule has 1 fully saturated rings. The maximum atomic E-state index is 12.9. The molecule has 1 aliphatic heterocycles. The Balaban J connectivity index is 1.40. The Morgan fingerprint density at radius 2 is 2.06 bits per heavy atom. The molecule has 9 nitrogen and oxygen atoms in total. The van der Waals surface area contributed by atoms with Gasteiger partial charge in [0.05, 0.1) is 23.1 Å². The lowest BCUT2D eigenvalue weighted by atomic mass is 9.97. The van der Waals surface area contributed by atoms with Gasteiger partial charge in [0.2, 0.25) is 17.6 Å². The third kappa shape index (κ3) is 4.83. The van der Waals surface area contributed by atoms with Crippen LogP contribution in [0.1, 0.15) is 29.9 Å². The van der Waals surface area contributed by atoms with Gasteiger partial charge in [0.15, 0.2) is 0 Å². The summed E-state index contributed by atoms with van der Waals surface area (Å²) in [6.07, 6.45) is 1.62. The van der Waals surface area contributed by atoms with Crippen molar-refractivity contribution in [2.45, 2.75) is 33.2 Å². The number of aryl methyl sites for hydroxylation is 2. The van der Waals surface area contributed by atoms with E-state index in [-0.39, 0.29) is 17.5 Å². The smallest absolute Gasteiger partial charge is 0.271 e. The van der Waals surface area contributed by atoms with Crippen molar-refractivity contribution in [3.05, 3.63) is 69.6 Å². The van der Waals surface area contributed by atoms with Crippen molar-refractivity contribution in [1.29, 1.82) is 0 Å². The number of nitro benzene ring substituents is 1. The number of hydrogen-bond acceptors (Lipinski definition) is 7. The van der Waals surface area contributed by atoms with Crippen LogP contribution in [0.5, 0.6) is 0 Å². The van der Waals surface area contributed by atoms with E-state index in [1.807, 2.05) is 38.1 Å². The normalized spacial score (nSPS) is 16.6. The summed E-state index contributed by atoms with van der Waals surface area (Å²) in [6, 6.07) is 12.3. The standard InChI is InChI=1S/C23H25N5O4/c1-15-6-3-4-8-19(15)22-25-21(32-26-22)14-27-11-5-7-17(13-27)23(29)24-20-12-18(28(30)31)10-9-16(20)2/h3-4,6,8-10,12,17H,5,7,11,13-14H2,1-2H3,(H,24,29). The van der Waals surface area contributed by atoms with Crippen molar-refractivity contribution in [3.63, 3.8) is 0 Å². The summed E-state index contributed by atoms with van der Waals surface area (Å²) < 4.78 is 5.45. The second kappa shape index (κ2) is 9.27. The second-order valence-corrected chi connectivity index (χ2v) is 8.15. The van der Waals surface area contributed by atoms with Gasteiger partial charge in [0.25, 0.3) is 5.69 Å². The maximum Gasteiger partial charge on any atom is 0.271 e. The van der Waals surface area contributed by atoms with Gasteiger partial charge in [-0.2, -0.15) is 4.98 Å². The molecule has 1 saturated heterocycles. The first kappa shape index (κ1) is 21.6. The van der Waals surface area contributed by atoms with E-state index in [0.717, 1.165) is 36.1 Å². The van der Waals surface area contributed by atoms with Crippen LogP contribution >= 0.6 is 0 Å². The predicted molar refractivity (Wildman–Crippen MR) is 119 cm³/mol. The number of hydrogen-bond donors (Lipinski definition) is 1. The number of likely N-dealkylation sites (tertiary alicyclic amines) is 1. The lowest BCUT2D eigenvalue weighted by molar-refractivity contribution is -0.384. The van der Waals surface area contributed by atoms with Crippen LogP contribution in [0.2, 0.25) is 0 Å². The lowest BCUT2D eigenvalue weighted by Gasteiger charge is -2.31. The maximum absolute atomic E-state index is 12.9. The summed E-state index contributed by atoms with van der Waals surface area (Å²) in [5, 5.41) is 18.0. The highest BCUT2D eigenvalue weighted by molar-refractivity contribution is 5.93. The topological polar surface area (TPSA) is 114 Å². The van der Waals surface area contributed by atoms with E-state index < -0.39 is 4.92 Å². The van der Waals surface area contributed by atoms with E-state index in [4.69, 9.17) is 4.52 Å². The quantitative estimate of drug-likeness (QED) is 0.458. The van der Waals surface area contributed by atoms with Crippen LogP contribution < -0.4 is 5.32 Å². The van der Waals surface area contributed by atoms with Gasteiger partial charge in [-0.15, -0.1) is 0 Å². The number of aromatic nitrogens is 2. The van der Waals surface area contributed by atoms with Gasteiger partial charge in [0, 0.05) is 24.2 Å². The van der Waals surface area contributed by atoms with Gasteiger partial charge in [-0.05, 0) is 44.4 Å². The molecule has 1 unspecified atom stereocenters. The number of anilines is 1. The zero-order valence-corrected chi connectivity index (χ0v) is 18.1. The number of carbonyl (C=O) groups excluding carboxylic acids is 1. The molecule has 1 aromatic heterocycles. The number of nitrogens with one attached hydrogen (secondary N) is 1. The number of piperidine rings is 1. The van der Waals surface area contributed by atoms with Crippen molar-refractivity contribution in [3.8, 4) is 11.4 Å². The average Bonchev–Trinajstić information content (AvgIpc) is 3.23. The molecular formula is C23H25N5O4. The summed E-state index contributed by atoms with van der Waals surface area (Å²) in [7, 11) is 0. The first-order chi connectivity index (χ1) is 15.4. The highest BCUT2D eigenvalue weighted by atomic mass is 16.6. The Morgan fingerprint density at radius 1 is 1.25 bits per heavy atom. The van der Waals surface area contributed by atoms with E-state index in [2.05, 4.69) is 20.4 Å². The summed E-state index contributed by atoms with van der Waals surface area (Å²) in [6.45, 7) is 5.68. The molecule has 166 valence electrons. The average molecular weight is 435 g/mol. The molecule has 0 saturated carbocycles. The van der Waals surface area contributed by atoms with Crippen LogP contribution in [0.25, 0.3) is 11.4 Å². The lowest BCUT2D eigenvalue weighted by Crippen LogP contribution is -2.40. The van der Waals surface area contributed by atoms with Crippen LogP contribution in [0.3, 0.4) is 0 Å². The SMILES string of the molecule is Cc1ccc([N+](=O)[O-])cc1NC(=O)C1CCCN(Cc2nc(-c3ccccc3C)no2)C1. The molecule has 9 heteroatoms. The van der Waals surface area contributed by atoms with Crippen LogP contribution in [0.4, 0.5) is 11.4 Å². The molecule has 4 rings (SSSR count). The van der Waals surface area contributed by atoms with Crippen LogP contribution in [0.15, 0.2) is 47.0 Å². The summed E-state index contributed by atoms with van der Waals surface area (Å²) in [4.78, 5) is 30.1. The van der Waals surface area contributed by atoms with Crippen LogP contribution in [-0.2, 0) is 11.3 Å². The van der Waals surface area contributed by atoms with Crippen molar-refractivity contribution in [2.24, 2.45) is 5.92 Å². The molecule has 3 aromatic rings. The third-order valence-corrected chi connectivity index (χ3v) is 5.78. The van der Waals surface area contributed by atoms with Gasteiger partial charge in [0.1, 0.15) is 0 Å². The minimum atomic E-state index is -0.465. The van der Waals surface area contributed by atoms with Crippen molar-refractivity contribution in [2.75, 3.05) is 18.4 Å². The van der Waals surface area contributed by atoms with E-state index in [1.165, 1.54) is 12.1 Å². The number of carbonyl (C=O) groups is 1. The molecule has 2 heterocycles. The molecule has 0 radical (unpaired) electrons. The summed E-state index contributed by atoms with van der Waals surface area (Å²) in [5.74, 6) is 0.718. The second-order valence-electron chi connectivity index (χ2n) is 8.15. The van der Waals surface area contributed by atoms with Gasteiger partial charge >= 0.3 is 0 Å². The monoisotopic (exact) mass is 435 g/mol. The Hall–Kier alpha value is -3.59. The van der Waals surface area contributed by atoms with Crippen LogP contribution in [0, 0.1) is 29.9 Å². The summed E-state index contributed by atoms with van der Waals surface area (Å²) >= 11 is 0. The number of benzene rings is 2. The fourth-order valence-corrected chi connectivity index (χ4v) is 3.95. The number of non-ortho nitro benzene ring substituents is 1. The fraction of sp³-hybridized carbons (Fsp3) is 0.348. The predicted octanol–water partition coefficient (Wildman–Crippen LogP) is 4.11. The minimum absolute atomic E-state index is 0.0444. The number of amides is 1.